The van der Waals surface area contributed by atoms with Crippen molar-refractivity contribution in [2.24, 2.45) is 5.92 Å². The molecule has 80 valence electrons. The van der Waals surface area contributed by atoms with E-state index in [1.165, 1.54) is 25.7 Å². The fraction of sp³-hybridized carbons (Fsp3) is 1.00. The van der Waals surface area contributed by atoms with Crippen LogP contribution in [0, 0.1) is 5.92 Å². The number of hydrogen-bond donors (Lipinski definition) is 1. The third-order valence-corrected chi connectivity index (χ3v) is 2.08. The van der Waals surface area contributed by atoms with Gasteiger partial charge >= 0.3 is 0 Å². The van der Waals surface area contributed by atoms with E-state index in [2.05, 4.69) is 28.8 Å². The first-order chi connectivity index (χ1) is 6.35. The molecule has 0 aliphatic heterocycles. The first-order valence-corrected chi connectivity index (χ1v) is 4.94. The van der Waals surface area contributed by atoms with E-state index in [0.29, 0.717) is 12.5 Å². The summed E-state index contributed by atoms with van der Waals surface area (Å²) in [5.74, 6) is 0.692. The van der Waals surface area contributed by atoms with Crippen LogP contribution < -0.4 is 0 Å². The molecule has 0 bridgehead atoms. The third kappa shape index (κ3) is 8.18. The van der Waals surface area contributed by atoms with Crippen molar-refractivity contribution in [3.63, 3.8) is 0 Å². The van der Waals surface area contributed by atoms with E-state index in [1.807, 2.05) is 0 Å². The minimum Gasteiger partial charge on any atom is -0.219 e. The molecule has 1 N–H and O–H groups in total. The fourth-order valence-electron chi connectivity index (χ4n) is 1.52. The first-order valence-electron chi connectivity index (χ1n) is 4.94. The SMILES string of the molecule is CCCC(CCC)CCOOOO. The van der Waals surface area contributed by atoms with Gasteiger partial charge in [-0.05, 0) is 22.4 Å². The molecule has 0 saturated carbocycles. The lowest BCUT2D eigenvalue weighted by Crippen LogP contribution is -2.05. The highest BCUT2D eigenvalue weighted by molar-refractivity contribution is 4.57. The van der Waals surface area contributed by atoms with Crippen LogP contribution in [0.1, 0.15) is 46.0 Å². The van der Waals surface area contributed by atoms with Gasteiger partial charge in [-0.2, -0.15) is 0 Å². The van der Waals surface area contributed by atoms with Crippen molar-refractivity contribution < 1.29 is 20.2 Å². The monoisotopic (exact) mass is 192 g/mol. The van der Waals surface area contributed by atoms with Crippen LogP contribution >= 0.6 is 0 Å². The molecule has 0 amide bonds. The maximum absolute atomic E-state index is 7.79. The molecule has 0 radical (unpaired) electrons. The Kier molecular flexibility index (Phi) is 9.80. The Morgan fingerprint density at radius 3 is 2.15 bits per heavy atom. The third-order valence-electron chi connectivity index (χ3n) is 2.08. The summed E-state index contributed by atoms with van der Waals surface area (Å²) in [6.45, 7) is 4.82. The Balaban J connectivity index is 3.33. The highest BCUT2D eigenvalue weighted by Gasteiger charge is 2.06. The topological polar surface area (TPSA) is 47.9 Å². The molecule has 0 spiro atoms. The minimum atomic E-state index is 0.464. The molecule has 0 heterocycles. The molecule has 0 aliphatic rings. The van der Waals surface area contributed by atoms with Crippen LogP contribution in [0.4, 0.5) is 0 Å². The summed E-state index contributed by atoms with van der Waals surface area (Å²) < 4.78 is 0. The Labute approximate surface area is 79.6 Å². The quantitative estimate of drug-likeness (QED) is 0.346. The van der Waals surface area contributed by atoms with Crippen molar-refractivity contribution in [2.45, 2.75) is 46.0 Å². The molecule has 0 aromatic rings. The van der Waals surface area contributed by atoms with Gasteiger partial charge in [-0.1, -0.05) is 39.5 Å². The molecule has 0 aromatic carbocycles. The molecule has 0 fully saturated rings. The summed E-state index contributed by atoms with van der Waals surface area (Å²) in [6.07, 6.45) is 5.78. The molecule has 4 nitrogen and oxygen atoms in total. The average molecular weight is 192 g/mol. The van der Waals surface area contributed by atoms with Crippen LogP contribution in [0.5, 0.6) is 0 Å². The van der Waals surface area contributed by atoms with E-state index in [4.69, 9.17) is 5.26 Å². The number of hydrogen-bond acceptors (Lipinski definition) is 4. The van der Waals surface area contributed by atoms with Gasteiger partial charge in [-0.25, -0.2) is 10.1 Å². The lowest BCUT2D eigenvalue weighted by molar-refractivity contribution is -0.623. The highest BCUT2D eigenvalue weighted by Crippen LogP contribution is 2.17. The average Bonchev–Trinajstić information content (AvgIpc) is 2.13. The van der Waals surface area contributed by atoms with E-state index >= 15 is 0 Å². The van der Waals surface area contributed by atoms with E-state index in [-0.39, 0.29) is 0 Å². The Morgan fingerprint density at radius 2 is 1.69 bits per heavy atom. The van der Waals surface area contributed by atoms with E-state index in [0.717, 1.165) is 6.42 Å². The van der Waals surface area contributed by atoms with Crippen LogP contribution in [0.2, 0.25) is 0 Å². The highest BCUT2D eigenvalue weighted by atomic mass is 17.6. The van der Waals surface area contributed by atoms with Gasteiger partial charge in [0.25, 0.3) is 0 Å². The Hall–Kier alpha value is -0.160. The van der Waals surface area contributed by atoms with Crippen molar-refractivity contribution >= 4 is 0 Å². The van der Waals surface area contributed by atoms with E-state index in [1.54, 1.807) is 0 Å². The first kappa shape index (κ1) is 12.8. The van der Waals surface area contributed by atoms with Crippen LogP contribution in [0.15, 0.2) is 0 Å². The second-order valence-electron chi connectivity index (χ2n) is 3.20. The van der Waals surface area contributed by atoms with Gasteiger partial charge in [-0.3, -0.25) is 0 Å². The molecular formula is C9H20O4. The summed E-state index contributed by atoms with van der Waals surface area (Å²) in [5.41, 5.74) is 0. The molecule has 0 rings (SSSR count). The maximum atomic E-state index is 7.79. The zero-order valence-corrected chi connectivity index (χ0v) is 8.49. The summed E-state index contributed by atoms with van der Waals surface area (Å²) in [5, 5.41) is 15.0. The summed E-state index contributed by atoms with van der Waals surface area (Å²) in [7, 11) is 0. The molecule has 0 saturated heterocycles. The van der Waals surface area contributed by atoms with Gasteiger partial charge in [0.1, 0.15) is 0 Å². The maximum Gasteiger partial charge on any atom is 0.0857 e. The van der Waals surface area contributed by atoms with Gasteiger partial charge in [-0.15, -0.1) is 0 Å². The molecule has 0 aromatic heterocycles. The van der Waals surface area contributed by atoms with Crippen LogP contribution in [0.3, 0.4) is 0 Å². The predicted octanol–water partition coefficient (Wildman–Crippen LogP) is 2.95. The van der Waals surface area contributed by atoms with Gasteiger partial charge < -0.3 is 0 Å². The normalized spacial score (nSPS) is 11.1. The lowest BCUT2D eigenvalue weighted by Gasteiger charge is -2.13. The fourth-order valence-corrected chi connectivity index (χ4v) is 1.52. The van der Waals surface area contributed by atoms with Gasteiger partial charge in [0.15, 0.2) is 0 Å². The van der Waals surface area contributed by atoms with Crippen molar-refractivity contribution in [1.29, 1.82) is 0 Å². The van der Waals surface area contributed by atoms with Gasteiger partial charge in [0.2, 0.25) is 0 Å². The standard InChI is InChI=1S/C9H20O4/c1-3-5-9(6-4-2)7-8-11-13-12-10/h9-10H,3-8H2,1-2H3. The van der Waals surface area contributed by atoms with Crippen LogP contribution in [-0.2, 0) is 15.0 Å². The molecule has 4 heteroatoms. The summed E-state index contributed by atoms with van der Waals surface area (Å²) in [6, 6.07) is 0. The van der Waals surface area contributed by atoms with Gasteiger partial charge in [0, 0.05) is 0 Å². The zero-order chi connectivity index (χ0) is 9.94. The smallest absolute Gasteiger partial charge is 0.0857 e. The van der Waals surface area contributed by atoms with E-state index in [9.17, 15) is 0 Å². The second-order valence-corrected chi connectivity index (χ2v) is 3.20. The summed E-state index contributed by atoms with van der Waals surface area (Å²) in [4.78, 5) is 4.53. The lowest BCUT2D eigenvalue weighted by atomic mass is 9.95. The van der Waals surface area contributed by atoms with Crippen molar-refractivity contribution in [2.75, 3.05) is 6.61 Å². The predicted molar refractivity (Wildman–Crippen MR) is 48.7 cm³/mol. The van der Waals surface area contributed by atoms with E-state index < -0.39 is 0 Å². The van der Waals surface area contributed by atoms with Crippen LogP contribution in [-0.4, -0.2) is 11.9 Å². The van der Waals surface area contributed by atoms with Crippen molar-refractivity contribution in [1.82, 2.24) is 0 Å². The summed E-state index contributed by atoms with van der Waals surface area (Å²) >= 11 is 0. The molecule has 0 aliphatic carbocycles. The zero-order valence-electron chi connectivity index (χ0n) is 8.49. The van der Waals surface area contributed by atoms with Gasteiger partial charge in [0.05, 0.1) is 6.61 Å². The largest absolute Gasteiger partial charge is 0.219 e. The number of rotatable bonds is 9. The van der Waals surface area contributed by atoms with Crippen molar-refractivity contribution in [3.8, 4) is 0 Å². The Morgan fingerprint density at radius 1 is 1.08 bits per heavy atom. The second kappa shape index (κ2) is 9.92. The Bertz CT molecular complexity index is 91.6. The molecule has 13 heavy (non-hydrogen) atoms. The van der Waals surface area contributed by atoms with Crippen LogP contribution in [0.25, 0.3) is 0 Å². The van der Waals surface area contributed by atoms with Crippen molar-refractivity contribution in [3.05, 3.63) is 0 Å². The minimum absolute atomic E-state index is 0.464. The molecule has 0 atom stereocenters. The molecular weight excluding hydrogens is 172 g/mol. The molecule has 0 unspecified atom stereocenters.